The average Bonchev–Trinajstić information content (AvgIpc) is 3.45. The van der Waals surface area contributed by atoms with Crippen molar-refractivity contribution in [3.8, 4) is 0 Å². The first-order chi connectivity index (χ1) is 20.2. The lowest BCUT2D eigenvalue weighted by molar-refractivity contribution is -0.142. The van der Waals surface area contributed by atoms with Crippen LogP contribution in [0.15, 0.2) is 23.5 Å². The zero-order valence-corrected chi connectivity index (χ0v) is 27.8. The van der Waals surface area contributed by atoms with Crippen LogP contribution < -0.4 is 5.32 Å². The molecule has 4 unspecified atom stereocenters. The Morgan fingerprint density at radius 2 is 2.02 bits per heavy atom. The molecule has 3 aliphatic carbocycles. The van der Waals surface area contributed by atoms with E-state index in [0.29, 0.717) is 35.2 Å². The standard InChI is InChI=1S/C34H48N4O4S/c1-19-18-35-32(43-19)36-28(39)12-10-21-16-27(37-42-8)34(5)14-13-22-23(29(21)34)11-9-20-15-25(30(31(40)41)38(6)7)26(17-24(20)22)33(2,3)4/h15,17-18,21-23,29-30H,9-14,16H2,1-8H3,(H,40,41)(H,35,36,39)/b37-27+/t21-,22?,23?,29?,30?,34-/m1/s1. The first-order valence-corrected chi connectivity index (χ1v) is 16.5. The van der Waals surface area contributed by atoms with Crippen molar-refractivity contribution >= 4 is 34.1 Å². The van der Waals surface area contributed by atoms with Crippen LogP contribution in [0.2, 0.25) is 0 Å². The summed E-state index contributed by atoms with van der Waals surface area (Å²) in [6, 6.07) is 3.90. The van der Waals surface area contributed by atoms with E-state index in [1.165, 1.54) is 22.5 Å². The Balaban J connectivity index is 1.47. The predicted molar refractivity (Wildman–Crippen MR) is 172 cm³/mol. The maximum Gasteiger partial charge on any atom is 0.325 e. The summed E-state index contributed by atoms with van der Waals surface area (Å²) in [6.45, 7) is 10.9. The highest BCUT2D eigenvalue weighted by atomic mass is 32.1. The molecule has 5 rings (SSSR count). The molecule has 43 heavy (non-hydrogen) atoms. The highest BCUT2D eigenvalue weighted by molar-refractivity contribution is 7.15. The van der Waals surface area contributed by atoms with Crippen molar-refractivity contribution in [2.24, 2.45) is 28.3 Å². The van der Waals surface area contributed by atoms with Crippen molar-refractivity contribution < 1.29 is 19.5 Å². The van der Waals surface area contributed by atoms with Crippen LogP contribution in [0.5, 0.6) is 0 Å². The zero-order valence-electron chi connectivity index (χ0n) is 27.0. The number of oxime groups is 1. The normalized spacial score (nSPS) is 28.3. The fourth-order valence-electron chi connectivity index (χ4n) is 8.66. The molecule has 0 radical (unpaired) electrons. The van der Waals surface area contributed by atoms with Gasteiger partial charge in [-0.1, -0.05) is 45.0 Å². The van der Waals surface area contributed by atoms with Crippen LogP contribution in [0.25, 0.3) is 0 Å². The lowest BCUT2D eigenvalue weighted by atomic mass is 9.53. The molecule has 0 bridgehead atoms. The van der Waals surface area contributed by atoms with Crippen LogP contribution >= 0.6 is 11.3 Å². The summed E-state index contributed by atoms with van der Waals surface area (Å²) in [5.41, 5.74) is 5.65. The number of aromatic nitrogens is 1. The monoisotopic (exact) mass is 608 g/mol. The van der Waals surface area contributed by atoms with E-state index in [9.17, 15) is 14.7 Å². The number of amides is 1. The Hall–Kier alpha value is -2.78. The number of fused-ring (bicyclic) bond motifs is 5. The third-order valence-electron chi connectivity index (χ3n) is 10.4. The van der Waals surface area contributed by atoms with Crippen molar-refractivity contribution in [2.45, 2.75) is 96.9 Å². The number of carbonyl (C=O) groups is 2. The second kappa shape index (κ2) is 12.0. The lowest BCUT2D eigenvalue weighted by Crippen LogP contribution is -2.44. The van der Waals surface area contributed by atoms with Gasteiger partial charge in [0.2, 0.25) is 5.91 Å². The minimum Gasteiger partial charge on any atom is -0.480 e. The SMILES string of the molecule is CO/N=C1\C[C@@H](CCC(=O)Nc2ncc(C)s2)C2C3CCc4cc(C(C(=O)O)N(C)C)c(C(C)(C)C)cc4C3CC[C@]12C. The molecule has 0 spiro atoms. The number of hydrogen-bond acceptors (Lipinski definition) is 7. The molecule has 0 aliphatic heterocycles. The fraction of sp³-hybridized carbons (Fsp3) is 0.647. The largest absolute Gasteiger partial charge is 0.480 e. The van der Waals surface area contributed by atoms with Gasteiger partial charge >= 0.3 is 5.97 Å². The van der Waals surface area contributed by atoms with E-state index >= 15 is 0 Å². The highest BCUT2D eigenvalue weighted by Gasteiger charge is 2.57. The Bertz CT molecular complexity index is 1410. The van der Waals surface area contributed by atoms with E-state index in [2.05, 4.69) is 55.3 Å². The van der Waals surface area contributed by atoms with Gasteiger partial charge in [-0.15, -0.1) is 11.3 Å². The van der Waals surface area contributed by atoms with Crippen LogP contribution in [0.1, 0.15) is 105 Å². The Morgan fingerprint density at radius 1 is 1.28 bits per heavy atom. The first kappa shape index (κ1) is 31.6. The van der Waals surface area contributed by atoms with Crippen molar-refractivity contribution in [3.05, 3.63) is 45.5 Å². The van der Waals surface area contributed by atoms with Crippen LogP contribution in [0.3, 0.4) is 0 Å². The molecular formula is C34H48N4O4S. The number of anilines is 1. The number of rotatable bonds is 8. The van der Waals surface area contributed by atoms with E-state index in [-0.39, 0.29) is 16.7 Å². The van der Waals surface area contributed by atoms with Crippen LogP contribution in [-0.4, -0.2) is 53.8 Å². The molecular weight excluding hydrogens is 560 g/mol. The number of likely N-dealkylation sites (N-methyl/N-ethyl adjacent to an activating group) is 1. The van der Waals surface area contributed by atoms with Crippen molar-refractivity contribution in [2.75, 3.05) is 26.5 Å². The Morgan fingerprint density at radius 3 is 2.63 bits per heavy atom. The summed E-state index contributed by atoms with van der Waals surface area (Å²) >= 11 is 1.50. The number of carboxylic acid groups (broad SMARTS) is 1. The molecule has 8 nitrogen and oxygen atoms in total. The number of hydrogen-bond donors (Lipinski definition) is 2. The van der Waals surface area contributed by atoms with Crippen molar-refractivity contribution in [3.63, 3.8) is 0 Å². The number of aryl methyl sites for hydroxylation is 2. The van der Waals surface area contributed by atoms with E-state index < -0.39 is 12.0 Å². The molecule has 1 amide bonds. The molecule has 1 aromatic heterocycles. The third kappa shape index (κ3) is 5.99. The maximum absolute atomic E-state index is 12.9. The van der Waals surface area contributed by atoms with Gasteiger partial charge in [-0.05, 0) is 111 Å². The second-order valence-electron chi connectivity index (χ2n) is 14.4. The Kier molecular flexibility index (Phi) is 8.80. The van der Waals surface area contributed by atoms with Gasteiger partial charge in [0.15, 0.2) is 5.13 Å². The van der Waals surface area contributed by atoms with E-state index in [0.717, 1.165) is 60.2 Å². The minimum absolute atomic E-state index is 0.0192. The number of carbonyl (C=O) groups excluding carboxylic acids is 1. The molecule has 3 aliphatic rings. The predicted octanol–water partition coefficient (Wildman–Crippen LogP) is 6.94. The fourth-order valence-corrected chi connectivity index (χ4v) is 9.34. The smallest absolute Gasteiger partial charge is 0.325 e. The molecule has 1 heterocycles. The highest BCUT2D eigenvalue weighted by Crippen LogP contribution is 2.63. The summed E-state index contributed by atoms with van der Waals surface area (Å²) in [5.74, 6) is 0.860. The van der Waals surface area contributed by atoms with Crippen molar-refractivity contribution in [1.29, 1.82) is 0 Å². The van der Waals surface area contributed by atoms with Gasteiger partial charge in [-0.3, -0.25) is 14.5 Å². The summed E-state index contributed by atoms with van der Waals surface area (Å²) < 4.78 is 0. The summed E-state index contributed by atoms with van der Waals surface area (Å²) in [4.78, 5) is 37.9. The van der Waals surface area contributed by atoms with E-state index in [4.69, 9.17) is 4.84 Å². The van der Waals surface area contributed by atoms with Gasteiger partial charge in [0, 0.05) is 22.9 Å². The molecule has 1 aromatic carbocycles. The number of thiazole rings is 1. The minimum atomic E-state index is -0.814. The topological polar surface area (TPSA) is 104 Å². The maximum atomic E-state index is 12.9. The molecule has 2 fully saturated rings. The lowest BCUT2D eigenvalue weighted by Gasteiger charge is -2.51. The van der Waals surface area contributed by atoms with Crippen LogP contribution in [0.4, 0.5) is 5.13 Å². The quantitative estimate of drug-likeness (QED) is 0.315. The summed E-state index contributed by atoms with van der Waals surface area (Å²) in [6.07, 6.45) is 8.03. The Labute approximate surface area is 260 Å². The molecule has 9 heteroatoms. The number of nitrogens with zero attached hydrogens (tertiary/aromatic N) is 3. The second-order valence-corrected chi connectivity index (χ2v) is 15.7. The number of aliphatic carboxylic acids is 1. The van der Waals surface area contributed by atoms with Gasteiger partial charge in [-0.2, -0.15) is 0 Å². The van der Waals surface area contributed by atoms with Gasteiger partial charge in [-0.25, -0.2) is 4.98 Å². The van der Waals surface area contributed by atoms with Crippen LogP contribution in [-0.2, 0) is 26.3 Å². The van der Waals surface area contributed by atoms with Gasteiger partial charge in [0.1, 0.15) is 13.2 Å². The molecule has 2 N–H and O–H groups in total. The van der Waals surface area contributed by atoms with Gasteiger partial charge < -0.3 is 15.3 Å². The van der Waals surface area contributed by atoms with Gasteiger partial charge in [0.25, 0.3) is 0 Å². The molecule has 2 aromatic rings. The zero-order chi connectivity index (χ0) is 31.3. The molecule has 234 valence electrons. The van der Waals surface area contributed by atoms with Gasteiger partial charge in [0.05, 0.1) is 5.71 Å². The van der Waals surface area contributed by atoms with E-state index in [1.54, 1.807) is 13.3 Å². The number of nitrogens with one attached hydrogen (secondary N) is 1. The summed E-state index contributed by atoms with van der Waals surface area (Å²) in [5, 5.41) is 18.4. The third-order valence-corrected chi connectivity index (χ3v) is 11.3. The average molecular weight is 609 g/mol. The number of benzene rings is 1. The summed E-state index contributed by atoms with van der Waals surface area (Å²) in [7, 11) is 5.33. The van der Waals surface area contributed by atoms with E-state index in [1.807, 2.05) is 25.9 Å². The number of carboxylic acids is 1. The van der Waals surface area contributed by atoms with Crippen molar-refractivity contribution in [1.82, 2.24) is 9.88 Å². The first-order valence-electron chi connectivity index (χ1n) is 15.6. The van der Waals surface area contributed by atoms with Crippen LogP contribution in [0, 0.1) is 30.1 Å². The molecule has 0 saturated heterocycles. The molecule has 2 saturated carbocycles. The molecule has 6 atom stereocenters.